The standard InChI is InChI=1S/C19H18N2O3/c1-14(19(22)24-3)20-18(23-2)17-11-7-10-16(21-17)13-12-15-8-5-4-6-9-15/h4-11,18,20H,1H2,2-3H3. The van der Waals surface area contributed by atoms with Gasteiger partial charge in [0, 0.05) is 12.7 Å². The summed E-state index contributed by atoms with van der Waals surface area (Å²) >= 11 is 0. The van der Waals surface area contributed by atoms with Crippen molar-refractivity contribution >= 4 is 5.97 Å². The number of aromatic nitrogens is 1. The molecule has 0 saturated carbocycles. The Morgan fingerprint density at radius 2 is 1.88 bits per heavy atom. The Kier molecular flexibility index (Phi) is 6.12. The quantitative estimate of drug-likeness (QED) is 0.396. The van der Waals surface area contributed by atoms with E-state index >= 15 is 0 Å². The summed E-state index contributed by atoms with van der Waals surface area (Å²) in [5, 5.41) is 2.83. The van der Waals surface area contributed by atoms with Crippen LogP contribution in [-0.2, 0) is 14.3 Å². The van der Waals surface area contributed by atoms with Crippen molar-refractivity contribution in [2.24, 2.45) is 0 Å². The molecule has 0 amide bonds. The van der Waals surface area contributed by atoms with E-state index in [0.717, 1.165) is 5.56 Å². The summed E-state index contributed by atoms with van der Waals surface area (Å²) in [5.74, 6) is 5.50. The largest absolute Gasteiger partial charge is 0.464 e. The molecule has 1 aromatic carbocycles. The van der Waals surface area contributed by atoms with Gasteiger partial charge in [-0.25, -0.2) is 9.78 Å². The molecule has 0 aliphatic carbocycles. The van der Waals surface area contributed by atoms with Crippen molar-refractivity contribution < 1.29 is 14.3 Å². The second kappa shape index (κ2) is 8.51. The van der Waals surface area contributed by atoms with E-state index in [2.05, 4.69) is 33.5 Å². The molecule has 1 aromatic heterocycles. The zero-order chi connectivity index (χ0) is 17.4. The first-order chi connectivity index (χ1) is 11.6. The first kappa shape index (κ1) is 17.3. The van der Waals surface area contributed by atoms with Gasteiger partial charge in [0.1, 0.15) is 11.4 Å². The van der Waals surface area contributed by atoms with Crippen molar-refractivity contribution in [3.8, 4) is 11.8 Å². The zero-order valence-electron chi connectivity index (χ0n) is 13.6. The fraction of sp³-hybridized carbons (Fsp3) is 0.158. The summed E-state index contributed by atoms with van der Waals surface area (Å²) in [4.78, 5) is 15.9. The molecule has 1 heterocycles. The highest BCUT2D eigenvalue weighted by Gasteiger charge is 2.16. The number of nitrogens with one attached hydrogen (secondary N) is 1. The molecule has 0 aliphatic heterocycles. The molecule has 5 heteroatoms. The molecule has 0 radical (unpaired) electrons. The fourth-order valence-electron chi connectivity index (χ4n) is 1.92. The molecule has 5 nitrogen and oxygen atoms in total. The van der Waals surface area contributed by atoms with Gasteiger partial charge in [0.15, 0.2) is 6.23 Å². The highest BCUT2D eigenvalue weighted by atomic mass is 16.5. The monoisotopic (exact) mass is 322 g/mol. The lowest BCUT2D eigenvalue weighted by molar-refractivity contribution is -0.137. The molecule has 0 fully saturated rings. The molecular weight excluding hydrogens is 304 g/mol. The summed E-state index contributed by atoms with van der Waals surface area (Å²) in [6, 6.07) is 15.1. The summed E-state index contributed by atoms with van der Waals surface area (Å²) in [6.07, 6.45) is -0.630. The van der Waals surface area contributed by atoms with Crippen LogP contribution in [-0.4, -0.2) is 25.2 Å². The Morgan fingerprint density at radius 1 is 1.12 bits per heavy atom. The number of ether oxygens (including phenoxy) is 2. The highest BCUT2D eigenvalue weighted by Crippen LogP contribution is 2.13. The first-order valence-electron chi connectivity index (χ1n) is 7.24. The van der Waals surface area contributed by atoms with Gasteiger partial charge in [-0.2, -0.15) is 0 Å². The second-order valence-electron chi connectivity index (χ2n) is 4.79. The van der Waals surface area contributed by atoms with Gasteiger partial charge in [0.05, 0.1) is 12.8 Å². The van der Waals surface area contributed by atoms with Crippen LogP contribution in [0, 0.1) is 11.8 Å². The SMILES string of the molecule is C=C(NC(OC)c1cccc(C#Cc2ccccc2)n1)C(=O)OC. The van der Waals surface area contributed by atoms with Crippen LogP contribution in [0.5, 0.6) is 0 Å². The van der Waals surface area contributed by atoms with Crippen molar-refractivity contribution in [3.05, 3.63) is 77.8 Å². The second-order valence-corrected chi connectivity index (χ2v) is 4.79. The molecule has 1 atom stereocenters. The maximum Gasteiger partial charge on any atom is 0.353 e. The number of methoxy groups -OCH3 is 2. The Hall–Kier alpha value is -3.10. The number of rotatable bonds is 5. The minimum absolute atomic E-state index is 0.0897. The smallest absolute Gasteiger partial charge is 0.353 e. The average Bonchev–Trinajstić information content (AvgIpc) is 2.64. The third-order valence-corrected chi connectivity index (χ3v) is 3.12. The molecule has 2 aromatic rings. The van der Waals surface area contributed by atoms with Crippen LogP contribution in [0.1, 0.15) is 23.2 Å². The minimum Gasteiger partial charge on any atom is -0.464 e. The van der Waals surface area contributed by atoms with Crippen LogP contribution < -0.4 is 5.32 Å². The van der Waals surface area contributed by atoms with Crippen LogP contribution in [0.25, 0.3) is 0 Å². The van der Waals surface area contributed by atoms with E-state index in [1.165, 1.54) is 14.2 Å². The Balaban J connectivity index is 2.18. The molecule has 122 valence electrons. The van der Waals surface area contributed by atoms with Crippen LogP contribution in [0.2, 0.25) is 0 Å². The molecule has 0 bridgehead atoms. The molecule has 1 N–H and O–H groups in total. The van der Waals surface area contributed by atoms with E-state index in [1.54, 1.807) is 12.1 Å². The van der Waals surface area contributed by atoms with Gasteiger partial charge in [-0.3, -0.25) is 0 Å². The number of benzene rings is 1. The summed E-state index contributed by atoms with van der Waals surface area (Å²) in [6.45, 7) is 3.62. The molecule has 2 rings (SSSR count). The molecule has 0 saturated heterocycles. The number of hydrogen-bond donors (Lipinski definition) is 1. The van der Waals surface area contributed by atoms with E-state index in [1.807, 2.05) is 36.4 Å². The van der Waals surface area contributed by atoms with Gasteiger partial charge in [0.25, 0.3) is 0 Å². The number of carbonyl (C=O) groups is 1. The Bertz CT molecular complexity index is 776. The number of carbonyl (C=O) groups excluding carboxylic acids is 1. The van der Waals surface area contributed by atoms with E-state index in [9.17, 15) is 4.79 Å². The third-order valence-electron chi connectivity index (χ3n) is 3.12. The summed E-state index contributed by atoms with van der Waals surface area (Å²) < 4.78 is 9.93. The number of nitrogens with zero attached hydrogens (tertiary/aromatic N) is 1. The van der Waals surface area contributed by atoms with E-state index in [0.29, 0.717) is 11.4 Å². The molecule has 0 aliphatic rings. The lowest BCUT2D eigenvalue weighted by Gasteiger charge is -2.18. The van der Waals surface area contributed by atoms with E-state index < -0.39 is 12.2 Å². The number of esters is 1. The van der Waals surface area contributed by atoms with Gasteiger partial charge in [-0.1, -0.05) is 36.8 Å². The van der Waals surface area contributed by atoms with Crippen LogP contribution >= 0.6 is 0 Å². The Morgan fingerprint density at radius 3 is 2.54 bits per heavy atom. The minimum atomic E-state index is -0.630. The number of hydrogen-bond acceptors (Lipinski definition) is 5. The van der Waals surface area contributed by atoms with Gasteiger partial charge in [-0.15, -0.1) is 0 Å². The topological polar surface area (TPSA) is 60.5 Å². The molecule has 24 heavy (non-hydrogen) atoms. The van der Waals surface area contributed by atoms with Crippen molar-refractivity contribution in [3.63, 3.8) is 0 Å². The fourth-order valence-corrected chi connectivity index (χ4v) is 1.92. The third kappa shape index (κ3) is 4.70. The summed E-state index contributed by atoms with van der Waals surface area (Å²) in [7, 11) is 2.79. The maximum absolute atomic E-state index is 11.4. The normalized spacial score (nSPS) is 10.9. The van der Waals surface area contributed by atoms with Crippen molar-refractivity contribution in [2.75, 3.05) is 14.2 Å². The van der Waals surface area contributed by atoms with Gasteiger partial charge in [-0.05, 0) is 30.2 Å². The van der Waals surface area contributed by atoms with Crippen LogP contribution in [0.3, 0.4) is 0 Å². The molecular formula is C19H18N2O3. The Labute approximate surface area is 141 Å². The van der Waals surface area contributed by atoms with Crippen molar-refractivity contribution in [1.29, 1.82) is 0 Å². The maximum atomic E-state index is 11.4. The summed E-state index contributed by atoms with van der Waals surface area (Å²) in [5.41, 5.74) is 2.18. The predicted molar refractivity (Wildman–Crippen MR) is 90.7 cm³/mol. The van der Waals surface area contributed by atoms with E-state index in [4.69, 9.17) is 4.74 Å². The zero-order valence-corrected chi connectivity index (χ0v) is 13.6. The van der Waals surface area contributed by atoms with Crippen molar-refractivity contribution in [1.82, 2.24) is 10.3 Å². The van der Waals surface area contributed by atoms with Gasteiger partial charge in [0.2, 0.25) is 0 Å². The van der Waals surface area contributed by atoms with Gasteiger partial charge < -0.3 is 14.8 Å². The first-order valence-corrected chi connectivity index (χ1v) is 7.24. The number of pyridine rings is 1. The molecule has 0 spiro atoms. The lowest BCUT2D eigenvalue weighted by atomic mass is 10.2. The highest BCUT2D eigenvalue weighted by molar-refractivity contribution is 5.86. The van der Waals surface area contributed by atoms with E-state index in [-0.39, 0.29) is 5.70 Å². The lowest BCUT2D eigenvalue weighted by Crippen LogP contribution is -2.27. The van der Waals surface area contributed by atoms with Gasteiger partial charge >= 0.3 is 5.97 Å². The van der Waals surface area contributed by atoms with Crippen LogP contribution in [0.4, 0.5) is 0 Å². The van der Waals surface area contributed by atoms with Crippen LogP contribution in [0.15, 0.2) is 60.8 Å². The average molecular weight is 322 g/mol. The molecule has 1 unspecified atom stereocenters. The van der Waals surface area contributed by atoms with Crippen molar-refractivity contribution in [2.45, 2.75) is 6.23 Å². The predicted octanol–water partition coefficient (Wildman–Crippen LogP) is 2.40.